The number of rotatable bonds is 1. The molecule has 0 fully saturated rings. The highest BCUT2D eigenvalue weighted by Crippen LogP contribution is 2.19. The van der Waals surface area contributed by atoms with Gasteiger partial charge in [-0.25, -0.2) is 4.98 Å². The van der Waals surface area contributed by atoms with Gasteiger partial charge in [0.15, 0.2) is 0 Å². The molecule has 0 saturated heterocycles. The molecule has 0 spiro atoms. The first-order chi connectivity index (χ1) is 6.22. The molecule has 0 amide bonds. The van der Waals surface area contributed by atoms with E-state index in [0.717, 1.165) is 21.9 Å². The Labute approximate surface area is 82.1 Å². The quantitative estimate of drug-likeness (QED) is 0.681. The van der Waals surface area contributed by atoms with E-state index in [1.807, 2.05) is 43.2 Å². The Kier molecular flexibility index (Phi) is 2.00. The average molecular weight is 194 g/mol. The average Bonchev–Trinajstić information content (AvgIpc) is 2.42. The highest BCUT2D eigenvalue weighted by molar-refractivity contribution is 6.31. The summed E-state index contributed by atoms with van der Waals surface area (Å²) >= 11 is 5.86. The van der Waals surface area contributed by atoms with Crippen LogP contribution in [-0.2, 0) is 7.05 Å². The third kappa shape index (κ3) is 1.31. The standard InChI is InChI=1S/C10H10ClN2/c1-3-10-12-8-6-7(11)4-5-9(8)13(10)2/h3-6H,1-2H3. The molecule has 0 atom stereocenters. The molecule has 0 aliphatic heterocycles. The maximum absolute atomic E-state index is 5.86. The van der Waals surface area contributed by atoms with Crippen molar-refractivity contribution in [3.63, 3.8) is 0 Å². The van der Waals surface area contributed by atoms with Crippen molar-refractivity contribution in [1.82, 2.24) is 9.55 Å². The summed E-state index contributed by atoms with van der Waals surface area (Å²) in [5.41, 5.74) is 2.06. The van der Waals surface area contributed by atoms with E-state index in [1.54, 1.807) is 0 Å². The molecule has 2 aromatic rings. The number of hydrogen-bond donors (Lipinski definition) is 0. The Morgan fingerprint density at radius 2 is 2.23 bits per heavy atom. The van der Waals surface area contributed by atoms with Crippen LogP contribution < -0.4 is 0 Å². The van der Waals surface area contributed by atoms with Crippen molar-refractivity contribution in [2.45, 2.75) is 6.92 Å². The summed E-state index contributed by atoms with van der Waals surface area (Å²) in [6.07, 6.45) is 1.98. The maximum Gasteiger partial charge on any atom is 0.113 e. The van der Waals surface area contributed by atoms with Crippen molar-refractivity contribution in [1.29, 1.82) is 0 Å². The largest absolute Gasteiger partial charge is 0.331 e. The minimum Gasteiger partial charge on any atom is -0.331 e. The molecule has 2 nitrogen and oxygen atoms in total. The number of aryl methyl sites for hydroxylation is 1. The van der Waals surface area contributed by atoms with Gasteiger partial charge in [0.2, 0.25) is 0 Å². The first-order valence-electron chi connectivity index (χ1n) is 4.13. The molecule has 0 N–H and O–H groups in total. The lowest BCUT2D eigenvalue weighted by Gasteiger charge is -1.97. The molecule has 1 aromatic heterocycles. The molecule has 0 unspecified atom stereocenters. The van der Waals surface area contributed by atoms with Crippen LogP contribution in [0.5, 0.6) is 0 Å². The van der Waals surface area contributed by atoms with Gasteiger partial charge in [0.1, 0.15) is 5.82 Å². The van der Waals surface area contributed by atoms with Crippen molar-refractivity contribution in [3.8, 4) is 0 Å². The zero-order chi connectivity index (χ0) is 9.42. The van der Waals surface area contributed by atoms with Gasteiger partial charge in [0.05, 0.1) is 11.0 Å². The molecule has 0 aliphatic carbocycles. The van der Waals surface area contributed by atoms with Crippen LogP contribution in [0.15, 0.2) is 18.2 Å². The molecule has 1 heterocycles. The maximum atomic E-state index is 5.86. The van der Waals surface area contributed by atoms with E-state index in [-0.39, 0.29) is 0 Å². The molecule has 0 saturated carbocycles. The van der Waals surface area contributed by atoms with E-state index >= 15 is 0 Å². The number of hydrogen-bond acceptors (Lipinski definition) is 1. The van der Waals surface area contributed by atoms with Crippen LogP contribution in [0.1, 0.15) is 12.7 Å². The number of imidazole rings is 1. The van der Waals surface area contributed by atoms with Crippen LogP contribution in [0.4, 0.5) is 0 Å². The second-order valence-corrected chi connectivity index (χ2v) is 3.39. The van der Waals surface area contributed by atoms with E-state index in [9.17, 15) is 0 Å². The fraction of sp³-hybridized carbons (Fsp3) is 0.200. The summed E-state index contributed by atoms with van der Waals surface area (Å²) < 4.78 is 2.05. The van der Waals surface area contributed by atoms with Gasteiger partial charge in [-0.05, 0) is 18.2 Å². The Bertz CT molecular complexity index is 445. The van der Waals surface area contributed by atoms with Crippen molar-refractivity contribution in [3.05, 3.63) is 35.5 Å². The second-order valence-electron chi connectivity index (χ2n) is 2.95. The van der Waals surface area contributed by atoms with Crippen LogP contribution in [0, 0.1) is 6.42 Å². The van der Waals surface area contributed by atoms with Crippen LogP contribution in [0.25, 0.3) is 11.0 Å². The number of benzene rings is 1. The summed E-state index contributed by atoms with van der Waals surface area (Å²) in [7, 11) is 2.00. The van der Waals surface area contributed by atoms with Gasteiger partial charge in [0, 0.05) is 18.5 Å². The molecule has 67 valence electrons. The lowest BCUT2D eigenvalue weighted by Crippen LogP contribution is -1.93. The number of nitrogens with zero attached hydrogens (tertiary/aromatic N) is 2. The normalized spacial score (nSPS) is 11.0. The van der Waals surface area contributed by atoms with E-state index in [0.29, 0.717) is 0 Å². The van der Waals surface area contributed by atoms with Gasteiger partial charge >= 0.3 is 0 Å². The van der Waals surface area contributed by atoms with Gasteiger partial charge in [-0.2, -0.15) is 0 Å². The number of aromatic nitrogens is 2. The zero-order valence-electron chi connectivity index (χ0n) is 7.58. The first kappa shape index (κ1) is 8.57. The van der Waals surface area contributed by atoms with Crippen LogP contribution >= 0.6 is 11.6 Å². The molecule has 2 rings (SSSR count). The molecule has 1 aromatic carbocycles. The fourth-order valence-corrected chi connectivity index (χ4v) is 1.62. The van der Waals surface area contributed by atoms with Crippen LogP contribution in [0.3, 0.4) is 0 Å². The summed E-state index contributed by atoms with van der Waals surface area (Å²) in [5.74, 6) is 0.970. The molecule has 13 heavy (non-hydrogen) atoms. The van der Waals surface area contributed by atoms with Gasteiger partial charge in [-0.1, -0.05) is 18.5 Å². The monoisotopic (exact) mass is 193 g/mol. The minimum absolute atomic E-state index is 0.730. The summed E-state index contributed by atoms with van der Waals surface area (Å²) in [4.78, 5) is 4.41. The Balaban J connectivity index is 2.76. The van der Waals surface area contributed by atoms with Crippen molar-refractivity contribution >= 4 is 22.6 Å². The lowest BCUT2D eigenvalue weighted by molar-refractivity contribution is 0.894. The van der Waals surface area contributed by atoms with Crippen molar-refractivity contribution in [2.75, 3.05) is 0 Å². The Hall–Kier alpha value is -1.02. The molecule has 0 aliphatic rings. The molecular weight excluding hydrogens is 184 g/mol. The second kappa shape index (κ2) is 3.04. The summed E-state index contributed by atoms with van der Waals surface area (Å²) in [5, 5.41) is 0.730. The summed E-state index contributed by atoms with van der Waals surface area (Å²) in [6, 6.07) is 5.74. The van der Waals surface area contributed by atoms with E-state index in [2.05, 4.69) is 4.98 Å². The molecule has 3 heteroatoms. The molecular formula is C10H10ClN2. The van der Waals surface area contributed by atoms with Gasteiger partial charge in [-0.3, -0.25) is 0 Å². The molecule has 1 radical (unpaired) electrons. The fourth-order valence-electron chi connectivity index (χ4n) is 1.45. The Morgan fingerprint density at radius 3 is 2.92 bits per heavy atom. The van der Waals surface area contributed by atoms with Crippen molar-refractivity contribution in [2.24, 2.45) is 7.05 Å². The summed E-state index contributed by atoms with van der Waals surface area (Å²) in [6.45, 7) is 1.98. The molecule has 0 bridgehead atoms. The van der Waals surface area contributed by atoms with E-state index < -0.39 is 0 Å². The highest BCUT2D eigenvalue weighted by Gasteiger charge is 2.05. The van der Waals surface area contributed by atoms with Gasteiger partial charge in [-0.15, -0.1) is 0 Å². The number of fused-ring (bicyclic) bond motifs is 1. The SMILES string of the molecule is C[CH]c1nc2cc(Cl)ccc2n1C. The first-order valence-corrected chi connectivity index (χ1v) is 4.51. The third-order valence-electron chi connectivity index (χ3n) is 2.14. The highest BCUT2D eigenvalue weighted by atomic mass is 35.5. The smallest absolute Gasteiger partial charge is 0.113 e. The van der Waals surface area contributed by atoms with Gasteiger partial charge < -0.3 is 4.57 Å². The predicted octanol–water partition coefficient (Wildman–Crippen LogP) is 2.80. The van der Waals surface area contributed by atoms with Crippen LogP contribution in [0.2, 0.25) is 5.02 Å². The number of halogens is 1. The van der Waals surface area contributed by atoms with Crippen LogP contribution in [-0.4, -0.2) is 9.55 Å². The van der Waals surface area contributed by atoms with Gasteiger partial charge in [0.25, 0.3) is 0 Å². The minimum atomic E-state index is 0.730. The Morgan fingerprint density at radius 1 is 1.46 bits per heavy atom. The predicted molar refractivity (Wildman–Crippen MR) is 54.8 cm³/mol. The zero-order valence-corrected chi connectivity index (χ0v) is 8.34. The third-order valence-corrected chi connectivity index (χ3v) is 2.37. The van der Waals surface area contributed by atoms with E-state index in [4.69, 9.17) is 11.6 Å². The lowest BCUT2D eigenvalue weighted by atomic mass is 10.3. The van der Waals surface area contributed by atoms with Crippen molar-refractivity contribution < 1.29 is 0 Å². The van der Waals surface area contributed by atoms with E-state index in [1.165, 1.54) is 0 Å². The topological polar surface area (TPSA) is 17.8 Å².